The molecule has 0 bridgehead atoms. The molecular weight excluding hydrogens is 270 g/mol. The second-order valence-electron chi connectivity index (χ2n) is 4.49. The van der Waals surface area contributed by atoms with Gasteiger partial charge in [-0.15, -0.1) is 11.3 Å². The number of para-hydroxylation sites is 1. The predicted molar refractivity (Wildman–Crippen MR) is 83.8 cm³/mol. The van der Waals surface area contributed by atoms with Gasteiger partial charge < -0.3 is 15.2 Å². The van der Waals surface area contributed by atoms with Crippen LogP contribution in [0.3, 0.4) is 0 Å². The third-order valence-electron chi connectivity index (χ3n) is 3.24. The molecule has 0 aliphatic rings. The van der Waals surface area contributed by atoms with Crippen molar-refractivity contribution >= 4 is 27.1 Å². The Morgan fingerprint density at radius 1 is 1.20 bits per heavy atom. The van der Waals surface area contributed by atoms with Crippen molar-refractivity contribution in [2.45, 2.75) is 6.54 Å². The van der Waals surface area contributed by atoms with Crippen LogP contribution in [0, 0.1) is 0 Å². The number of fused-ring (bicyclic) bond motifs is 1. The highest BCUT2D eigenvalue weighted by Crippen LogP contribution is 2.30. The highest BCUT2D eigenvalue weighted by atomic mass is 32.1. The van der Waals surface area contributed by atoms with E-state index in [0.29, 0.717) is 12.3 Å². The van der Waals surface area contributed by atoms with E-state index in [2.05, 4.69) is 35.0 Å². The first kappa shape index (κ1) is 12.8. The van der Waals surface area contributed by atoms with Crippen molar-refractivity contribution in [1.29, 1.82) is 0 Å². The van der Waals surface area contributed by atoms with Crippen molar-refractivity contribution < 1.29 is 9.84 Å². The van der Waals surface area contributed by atoms with Crippen LogP contribution in [-0.4, -0.2) is 12.2 Å². The Kier molecular flexibility index (Phi) is 3.48. The maximum Gasteiger partial charge on any atom is 0.162 e. The lowest BCUT2D eigenvalue weighted by Crippen LogP contribution is -2.00. The molecule has 2 N–H and O–H groups in total. The number of benzene rings is 2. The van der Waals surface area contributed by atoms with E-state index in [1.54, 1.807) is 24.5 Å². The summed E-state index contributed by atoms with van der Waals surface area (Å²) in [6.45, 7) is 0.554. The number of aromatic hydroxyl groups is 1. The van der Waals surface area contributed by atoms with Gasteiger partial charge in [-0.25, -0.2) is 0 Å². The van der Waals surface area contributed by atoms with Crippen LogP contribution in [0.5, 0.6) is 11.5 Å². The molecule has 0 atom stereocenters. The first-order valence-corrected chi connectivity index (χ1v) is 7.22. The smallest absolute Gasteiger partial charge is 0.162 e. The third-order valence-corrected chi connectivity index (χ3v) is 4.14. The van der Waals surface area contributed by atoms with Crippen molar-refractivity contribution in [1.82, 2.24) is 0 Å². The molecule has 4 heteroatoms. The number of rotatable bonds is 4. The summed E-state index contributed by atoms with van der Waals surface area (Å²) in [5.74, 6) is 0.691. The van der Waals surface area contributed by atoms with E-state index in [4.69, 9.17) is 4.74 Å². The van der Waals surface area contributed by atoms with Crippen LogP contribution >= 0.6 is 11.3 Å². The summed E-state index contributed by atoms with van der Waals surface area (Å²) in [6.07, 6.45) is 0. The highest BCUT2D eigenvalue weighted by molar-refractivity contribution is 7.17. The van der Waals surface area contributed by atoms with Gasteiger partial charge in [0.15, 0.2) is 11.5 Å². The molecule has 3 nitrogen and oxygen atoms in total. The molecule has 2 aromatic carbocycles. The molecule has 0 spiro atoms. The van der Waals surface area contributed by atoms with Crippen molar-refractivity contribution in [3.8, 4) is 11.5 Å². The molecule has 0 amide bonds. The molecule has 0 saturated heterocycles. The molecule has 1 aromatic heterocycles. The summed E-state index contributed by atoms with van der Waals surface area (Å²) in [4.78, 5) is 0. The molecule has 0 aliphatic heterocycles. The van der Waals surface area contributed by atoms with Crippen LogP contribution in [-0.2, 0) is 6.54 Å². The van der Waals surface area contributed by atoms with Crippen LogP contribution in [0.4, 0.5) is 5.69 Å². The van der Waals surface area contributed by atoms with Gasteiger partial charge in [0, 0.05) is 22.5 Å². The van der Waals surface area contributed by atoms with Crippen molar-refractivity contribution in [2.75, 3.05) is 12.4 Å². The maximum absolute atomic E-state index is 10.0. The maximum atomic E-state index is 10.0. The van der Waals surface area contributed by atoms with Gasteiger partial charge in [0.2, 0.25) is 0 Å². The van der Waals surface area contributed by atoms with E-state index in [-0.39, 0.29) is 5.75 Å². The minimum atomic E-state index is 0.194. The molecule has 3 aromatic rings. The lowest BCUT2D eigenvalue weighted by molar-refractivity contribution is 0.371. The van der Waals surface area contributed by atoms with Crippen LogP contribution in [0.1, 0.15) is 5.56 Å². The fourth-order valence-electron chi connectivity index (χ4n) is 2.15. The molecule has 0 fully saturated rings. The number of thiophene rings is 1. The standard InChI is InChI=1S/C16H15NO2S/c1-19-14-4-2-3-12(16(14)18)10-17-13-5-6-15-11(9-13)7-8-20-15/h2-9,17-18H,10H2,1H3. The fraction of sp³-hybridized carbons (Fsp3) is 0.125. The zero-order valence-electron chi connectivity index (χ0n) is 11.1. The van der Waals surface area contributed by atoms with Crippen molar-refractivity contribution in [3.63, 3.8) is 0 Å². The van der Waals surface area contributed by atoms with Crippen molar-refractivity contribution in [2.24, 2.45) is 0 Å². The van der Waals surface area contributed by atoms with E-state index in [0.717, 1.165) is 11.3 Å². The van der Waals surface area contributed by atoms with Gasteiger partial charge >= 0.3 is 0 Å². The van der Waals surface area contributed by atoms with Crippen molar-refractivity contribution in [3.05, 3.63) is 53.4 Å². The van der Waals surface area contributed by atoms with Crippen LogP contribution in [0.2, 0.25) is 0 Å². The zero-order valence-corrected chi connectivity index (χ0v) is 11.9. The molecular formula is C16H15NO2S. The van der Waals surface area contributed by atoms with E-state index in [1.165, 1.54) is 10.1 Å². The lowest BCUT2D eigenvalue weighted by atomic mass is 10.1. The number of phenolic OH excluding ortho intramolecular Hbond substituents is 1. The second kappa shape index (κ2) is 5.43. The number of hydrogen-bond donors (Lipinski definition) is 2. The van der Waals surface area contributed by atoms with Crippen LogP contribution in [0.15, 0.2) is 47.8 Å². The number of nitrogens with one attached hydrogen (secondary N) is 1. The van der Waals surface area contributed by atoms with Crippen LogP contribution < -0.4 is 10.1 Å². The van der Waals surface area contributed by atoms with Gasteiger partial charge in [-0.05, 0) is 41.1 Å². The Morgan fingerprint density at radius 2 is 2.10 bits per heavy atom. The number of methoxy groups -OCH3 is 1. The average Bonchev–Trinajstić information content (AvgIpc) is 2.93. The quantitative estimate of drug-likeness (QED) is 0.754. The molecule has 102 valence electrons. The van der Waals surface area contributed by atoms with Gasteiger partial charge in [0.05, 0.1) is 7.11 Å². The Balaban J connectivity index is 1.79. The fourth-order valence-corrected chi connectivity index (χ4v) is 2.92. The summed E-state index contributed by atoms with van der Waals surface area (Å²) < 4.78 is 6.39. The molecule has 0 radical (unpaired) electrons. The van der Waals surface area contributed by atoms with Crippen LogP contribution in [0.25, 0.3) is 10.1 Å². The van der Waals surface area contributed by atoms with E-state index >= 15 is 0 Å². The molecule has 20 heavy (non-hydrogen) atoms. The Bertz CT molecular complexity index is 736. The number of anilines is 1. The third kappa shape index (κ3) is 2.42. The number of ether oxygens (including phenoxy) is 1. The second-order valence-corrected chi connectivity index (χ2v) is 5.44. The zero-order chi connectivity index (χ0) is 13.9. The monoisotopic (exact) mass is 285 g/mol. The van der Waals surface area contributed by atoms with Gasteiger partial charge in [-0.3, -0.25) is 0 Å². The first-order valence-electron chi connectivity index (χ1n) is 6.34. The summed E-state index contributed by atoms with van der Waals surface area (Å²) >= 11 is 1.73. The summed E-state index contributed by atoms with van der Waals surface area (Å²) in [7, 11) is 1.55. The lowest BCUT2D eigenvalue weighted by Gasteiger charge is -2.10. The summed E-state index contributed by atoms with van der Waals surface area (Å²) in [5, 5.41) is 16.7. The molecule has 3 rings (SSSR count). The number of phenols is 1. The van der Waals surface area contributed by atoms with Gasteiger partial charge in [0.1, 0.15) is 0 Å². The Hall–Kier alpha value is -2.20. The summed E-state index contributed by atoms with van der Waals surface area (Å²) in [5.41, 5.74) is 1.85. The van der Waals surface area contributed by atoms with Gasteiger partial charge in [0.25, 0.3) is 0 Å². The molecule has 0 unspecified atom stereocenters. The largest absolute Gasteiger partial charge is 0.504 e. The topological polar surface area (TPSA) is 41.5 Å². The van der Waals surface area contributed by atoms with E-state index in [1.807, 2.05) is 12.1 Å². The highest BCUT2D eigenvalue weighted by Gasteiger charge is 2.07. The van der Waals surface area contributed by atoms with E-state index in [9.17, 15) is 5.11 Å². The molecule has 1 heterocycles. The Morgan fingerprint density at radius 3 is 2.95 bits per heavy atom. The SMILES string of the molecule is COc1cccc(CNc2ccc3sccc3c2)c1O. The van der Waals surface area contributed by atoms with E-state index < -0.39 is 0 Å². The normalized spacial score (nSPS) is 10.7. The minimum absolute atomic E-state index is 0.194. The number of hydrogen-bond acceptors (Lipinski definition) is 4. The van der Waals surface area contributed by atoms with Gasteiger partial charge in [-0.1, -0.05) is 12.1 Å². The molecule has 0 saturated carbocycles. The minimum Gasteiger partial charge on any atom is -0.504 e. The summed E-state index contributed by atoms with van der Waals surface area (Å²) in [6, 6.07) is 13.9. The first-order chi connectivity index (χ1) is 9.78. The predicted octanol–water partition coefficient (Wildman–Crippen LogP) is 4.23. The molecule has 0 aliphatic carbocycles. The average molecular weight is 285 g/mol. The van der Waals surface area contributed by atoms with Gasteiger partial charge in [-0.2, -0.15) is 0 Å². The Labute approximate surface area is 121 Å².